The van der Waals surface area contributed by atoms with E-state index in [1.165, 1.54) is 29.6 Å². The highest BCUT2D eigenvalue weighted by Gasteiger charge is 2.28. The number of piperidine rings is 1. The van der Waals surface area contributed by atoms with Crippen LogP contribution in [0.3, 0.4) is 0 Å². The van der Waals surface area contributed by atoms with E-state index in [1.54, 1.807) is 32.0 Å². The average molecular weight is 396 g/mol. The second-order valence-electron chi connectivity index (χ2n) is 7.66. The lowest BCUT2D eigenvalue weighted by Gasteiger charge is -2.41. The molecule has 0 atom stereocenters. The van der Waals surface area contributed by atoms with E-state index in [0.717, 1.165) is 13.1 Å². The van der Waals surface area contributed by atoms with Crippen molar-refractivity contribution in [1.82, 2.24) is 14.5 Å². The van der Waals surface area contributed by atoms with Gasteiger partial charge in [-0.05, 0) is 58.0 Å². The van der Waals surface area contributed by atoms with E-state index < -0.39 is 10.0 Å². The van der Waals surface area contributed by atoms with Crippen molar-refractivity contribution < 1.29 is 13.2 Å². The fourth-order valence-corrected chi connectivity index (χ4v) is 5.02. The Labute approximate surface area is 164 Å². The SMILES string of the molecule is CCN(CC)S(=O)(=O)c1cccc(C(=O)NCC(C)(C)N2CCCCC2)c1. The highest BCUT2D eigenvalue weighted by molar-refractivity contribution is 7.89. The van der Waals surface area contributed by atoms with E-state index >= 15 is 0 Å². The summed E-state index contributed by atoms with van der Waals surface area (Å²) in [6.07, 6.45) is 3.66. The number of rotatable bonds is 8. The maximum Gasteiger partial charge on any atom is 0.251 e. The maximum absolute atomic E-state index is 12.7. The van der Waals surface area contributed by atoms with Crippen LogP contribution in [0, 0.1) is 0 Å². The van der Waals surface area contributed by atoms with E-state index in [9.17, 15) is 13.2 Å². The predicted octanol–water partition coefficient (Wildman–Crippen LogP) is 2.71. The first-order chi connectivity index (χ1) is 12.7. The van der Waals surface area contributed by atoms with Crippen molar-refractivity contribution >= 4 is 15.9 Å². The quantitative estimate of drug-likeness (QED) is 0.735. The monoisotopic (exact) mass is 395 g/mol. The van der Waals surface area contributed by atoms with Crippen LogP contribution in [0.5, 0.6) is 0 Å². The topological polar surface area (TPSA) is 69.7 Å². The molecule has 1 fully saturated rings. The Morgan fingerprint density at radius 2 is 1.78 bits per heavy atom. The van der Waals surface area contributed by atoms with Crippen LogP contribution < -0.4 is 5.32 Å². The molecule has 1 N–H and O–H groups in total. The number of carbonyl (C=O) groups is 1. The molecule has 0 bridgehead atoms. The van der Waals surface area contributed by atoms with Crippen molar-refractivity contribution in [3.63, 3.8) is 0 Å². The molecule has 0 radical (unpaired) electrons. The predicted molar refractivity (Wildman–Crippen MR) is 108 cm³/mol. The van der Waals surface area contributed by atoms with Crippen LogP contribution in [0.1, 0.15) is 57.3 Å². The molecule has 1 amide bonds. The third kappa shape index (κ3) is 5.30. The van der Waals surface area contributed by atoms with Crippen molar-refractivity contribution in [2.24, 2.45) is 0 Å². The van der Waals surface area contributed by atoms with Gasteiger partial charge in [0.15, 0.2) is 0 Å². The third-order valence-corrected chi connectivity index (χ3v) is 7.38. The zero-order valence-electron chi connectivity index (χ0n) is 17.0. The Morgan fingerprint density at radius 1 is 1.15 bits per heavy atom. The number of nitrogens with zero attached hydrogens (tertiary/aromatic N) is 2. The minimum Gasteiger partial charge on any atom is -0.350 e. The lowest BCUT2D eigenvalue weighted by atomic mass is 9.98. The Kier molecular flexibility index (Phi) is 7.42. The normalized spacial score (nSPS) is 16.5. The molecule has 1 aromatic carbocycles. The van der Waals surface area contributed by atoms with Gasteiger partial charge in [-0.2, -0.15) is 4.31 Å². The fraction of sp³-hybridized carbons (Fsp3) is 0.650. The highest BCUT2D eigenvalue weighted by atomic mass is 32.2. The summed E-state index contributed by atoms with van der Waals surface area (Å²) in [6, 6.07) is 6.30. The van der Waals surface area contributed by atoms with Gasteiger partial charge in [0.1, 0.15) is 0 Å². The molecule has 1 saturated heterocycles. The van der Waals surface area contributed by atoms with Gasteiger partial charge in [0.2, 0.25) is 10.0 Å². The zero-order chi connectivity index (χ0) is 20.1. The summed E-state index contributed by atoms with van der Waals surface area (Å²) in [5.74, 6) is -0.239. The first-order valence-electron chi connectivity index (χ1n) is 9.86. The fourth-order valence-electron chi connectivity index (χ4n) is 3.52. The summed E-state index contributed by atoms with van der Waals surface area (Å²) >= 11 is 0. The van der Waals surface area contributed by atoms with Crippen LogP contribution in [0.4, 0.5) is 0 Å². The molecule has 27 heavy (non-hydrogen) atoms. The van der Waals surface area contributed by atoms with Crippen molar-refractivity contribution in [2.45, 2.75) is 57.4 Å². The number of likely N-dealkylation sites (tertiary alicyclic amines) is 1. The number of amides is 1. The van der Waals surface area contributed by atoms with Gasteiger partial charge in [-0.1, -0.05) is 26.3 Å². The smallest absolute Gasteiger partial charge is 0.251 e. The van der Waals surface area contributed by atoms with Gasteiger partial charge in [-0.25, -0.2) is 8.42 Å². The van der Waals surface area contributed by atoms with Gasteiger partial charge in [0.25, 0.3) is 5.91 Å². The number of benzene rings is 1. The van der Waals surface area contributed by atoms with Crippen molar-refractivity contribution in [3.05, 3.63) is 29.8 Å². The molecule has 0 unspecified atom stereocenters. The van der Waals surface area contributed by atoms with Crippen LogP contribution in [0.2, 0.25) is 0 Å². The molecule has 1 heterocycles. The van der Waals surface area contributed by atoms with Crippen molar-refractivity contribution in [1.29, 1.82) is 0 Å². The minimum atomic E-state index is -3.57. The van der Waals surface area contributed by atoms with E-state index in [0.29, 0.717) is 25.2 Å². The Balaban J connectivity index is 2.09. The van der Waals surface area contributed by atoms with Gasteiger partial charge in [-0.3, -0.25) is 9.69 Å². The van der Waals surface area contributed by atoms with Crippen molar-refractivity contribution in [2.75, 3.05) is 32.7 Å². The van der Waals surface area contributed by atoms with Gasteiger partial charge in [0, 0.05) is 30.7 Å². The largest absolute Gasteiger partial charge is 0.350 e. The van der Waals surface area contributed by atoms with E-state index in [-0.39, 0.29) is 16.3 Å². The van der Waals surface area contributed by atoms with Gasteiger partial charge in [0.05, 0.1) is 4.90 Å². The summed E-state index contributed by atoms with van der Waals surface area (Å²) < 4.78 is 26.8. The van der Waals surface area contributed by atoms with E-state index in [4.69, 9.17) is 0 Å². The summed E-state index contributed by atoms with van der Waals surface area (Å²) in [6.45, 7) is 11.3. The molecule has 7 heteroatoms. The molecule has 1 aliphatic rings. The molecule has 6 nitrogen and oxygen atoms in total. The second kappa shape index (κ2) is 9.17. The summed E-state index contributed by atoms with van der Waals surface area (Å²) in [5.41, 5.74) is 0.249. The number of hydrogen-bond acceptors (Lipinski definition) is 4. The Hall–Kier alpha value is -1.44. The third-order valence-electron chi connectivity index (χ3n) is 5.33. The minimum absolute atomic E-state index is 0.124. The lowest BCUT2D eigenvalue weighted by molar-refractivity contribution is 0.0797. The Bertz CT molecular complexity index is 737. The summed E-state index contributed by atoms with van der Waals surface area (Å²) in [7, 11) is -3.57. The van der Waals surface area contributed by atoms with E-state index in [2.05, 4.69) is 24.1 Å². The standard InChI is InChI=1S/C20H33N3O3S/c1-5-23(6-2)27(25,26)18-12-10-11-17(15-18)19(24)21-16-20(3,4)22-13-8-7-9-14-22/h10-12,15H,5-9,13-14,16H2,1-4H3,(H,21,24). The first-order valence-corrected chi connectivity index (χ1v) is 11.3. The number of carbonyl (C=O) groups excluding carboxylic acids is 1. The van der Waals surface area contributed by atoms with Crippen molar-refractivity contribution in [3.8, 4) is 0 Å². The van der Waals surface area contributed by atoms with Gasteiger partial charge in [-0.15, -0.1) is 0 Å². The number of hydrogen-bond donors (Lipinski definition) is 1. The van der Waals surface area contributed by atoms with Crippen LogP contribution in [-0.4, -0.2) is 61.8 Å². The molecule has 152 valence electrons. The second-order valence-corrected chi connectivity index (χ2v) is 9.60. The average Bonchev–Trinajstić information content (AvgIpc) is 2.67. The lowest BCUT2D eigenvalue weighted by Crippen LogP contribution is -2.53. The van der Waals surface area contributed by atoms with Crippen LogP contribution in [0.15, 0.2) is 29.2 Å². The highest BCUT2D eigenvalue weighted by Crippen LogP contribution is 2.20. The van der Waals surface area contributed by atoms with Gasteiger partial charge >= 0.3 is 0 Å². The van der Waals surface area contributed by atoms with Crippen LogP contribution >= 0.6 is 0 Å². The summed E-state index contributed by atoms with van der Waals surface area (Å²) in [4.78, 5) is 15.2. The maximum atomic E-state index is 12.7. The van der Waals surface area contributed by atoms with E-state index in [1.807, 2.05) is 0 Å². The molecule has 0 aromatic heterocycles. The number of sulfonamides is 1. The van der Waals surface area contributed by atoms with Crippen LogP contribution in [-0.2, 0) is 10.0 Å². The molecular formula is C20H33N3O3S. The molecule has 1 aliphatic heterocycles. The molecule has 0 spiro atoms. The Morgan fingerprint density at radius 3 is 2.37 bits per heavy atom. The summed E-state index contributed by atoms with van der Waals surface area (Å²) in [5, 5.41) is 2.98. The van der Waals surface area contributed by atoms with Gasteiger partial charge < -0.3 is 5.32 Å². The molecule has 0 saturated carbocycles. The number of nitrogens with one attached hydrogen (secondary N) is 1. The zero-order valence-corrected chi connectivity index (χ0v) is 17.8. The molecule has 0 aliphatic carbocycles. The van der Waals surface area contributed by atoms with Crippen LogP contribution in [0.25, 0.3) is 0 Å². The molecule has 2 rings (SSSR count). The molecular weight excluding hydrogens is 362 g/mol. The first kappa shape index (κ1) is 21.9. The molecule has 1 aromatic rings.